The zero-order valence-corrected chi connectivity index (χ0v) is 14.2. The van der Waals surface area contributed by atoms with Crippen molar-refractivity contribution in [2.45, 2.75) is 25.6 Å². The Hall–Kier alpha value is -1.94. The second kappa shape index (κ2) is 6.88. The smallest absolute Gasteiger partial charge is 0.310 e. The van der Waals surface area contributed by atoms with E-state index in [0.29, 0.717) is 6.61 Å². The number of rotatable bonds is 5. The molecule has 0 N–H and O–H groups in total. The first-order valence-electron chi connectivity index (χ1n) is 7.44. The van der Waals surface area contributed by atoms with Gasteiger partial charge in [-0.15, -0.1) is 0 Å². The van der Waals surface area contributed by atoms with E-state index in [9.17, 15) is 9.18 Å². The fraction of sp³-hybridized carbons (Fsp3) is 0.278. The van der Waals surface area contributed by atoms with Crippen molar-refractivity contribution in [3.63, 3.8) is 0 Å². The summed E-state index contributed by atoms with van der Waals surface area (Å²) in [6.45, 7) is 6.44. The molecule has 22 heavy (non-hydrogen) atoms. The molecule has 4 heteroatoms. The molecule has 116 valence electrons. The molecule has 0 aliphatic heterocycles. The van der Waals surface area contributed by atoms with E-state index >= 15 is 0 Å². The van der Waals surface area contributed by atoms with Gasteiger partial charge in [-0.05, 0) is 24.6 Å². The number of hydrogen-bond acceptors (Lipinski definition) is 2. The summed E-state index contributed by atoms with van der Waals surface area (Å²) >= 11 is 0. The van der Waals surface area contributed by atoms with E-state index in [-0.39, 0.29) is 17.3 Å². The van der Waals surface area contributed by atoms with E-state index in [4.69, 9.17) is 4.74 Å². The molecule has 2 rings (SSSR count). The third-order valence-electron chi connectivity index (χ3n) is 3.97. The molecule has 0 amide bonds. The van der Waals surface area contributed by atoms with E-state index in [1.807, 2.05) is 18.2 Å². The number of benzene rings is 2. The summed E-state index contributed by atoms with van der Waals surface area (Å²) < 4.78 is 18.5. The van der Waals surface area contributed by atoms with Gasteiger partial charge in [-0.2, -0.15) is 0 Å². The Labute approximate surface area is 131 Å². The molecule has 0 bridgehead atoms. The maximum atomic E-state index is 13.2. The van der Waals surface area contributed by atoms with Gasteiger partial charge < -0.3 is 4.74 Å². The molecule has 0 unspecified atom stereocenters. The normalized spacial score (nSPS) is 12.7. The fourth-order valence-corrected chi connectivity index (χ4v) is 5.85. The molecule has 2 aromatic rings. The van der Waals surface area contributed by atoms with Gasteiger partial charge in [0.1, 0.15) is 13.9 Å². The Bertz CT molecular complexity index is 623. The van der Waals surface area contributed by atoms with Crippen LogP contribution in [-0.4, -0.2) is 20.7 Å². The van der Waals surface area contributed by atoms with E-state index in [1.165, 1.54) is 17.3 Å². The van der Waals surface area contributed by atoms with Crippen LogP contribution in [-0.2, 0) is 9.53 Å². The van der Waals surface area contributed by atoms with Crippen molar-refractivity contribution < 1.29 is 13.9 Å². The molecule has 0 aliphatic carbocycles. The van der Waals surface area contributed by atoms with Crippen molar-refractivity contribution in [1.29, 1.82) is 0 Å². The maximum Gasteiger partial charge on any atom is 0.310 e. The van der Waals surface area contributed by atoms with Crippen LogP contribution in [0.4, 0.5) is 4.39 Å². The van der Waals surface area contributed by atoms with Gasteiger partial charge in [-0.3, -0.25) is 4.79 Å². The predicted octanol–water partition coefficient (Wildman–Crippen LogP) is 3.63. The summed E-state index contributed by atoms with van der Waals surface area (Å²) in [5.74, 6) is -0.528. The van der Waals surface area contributed by atoms with E-state index < -0.39 is 8.07 Å². The van der Waals surface area contributed by atoms with Crippen molar-refractivity contribution >= 4 is 19.2 Å². The molecule has 0 aromatic heterocycles. The minimum absolute atomic E-state index is 0.227. The molecular weight excluding hydrogens is 295 g/mol. The Morgan fingerprint density at radius 2 is 1.68 bits per heavy atom. The Kier molecular flexibility index (Phi) is 5.14. The monoisotopic (exact) mass is 316 g/mol. The maximum absolute atomic E-state index is 13.2. The van der Waals surface area contributed by atoms with Crippen molar-refractivity contribution in [3.8, 4) is 0 Å². The lowest BCUT2D eigenvalue weighted by Gasteiger charge is -2.31. The highest BCUT2D eigenvalue weighted by atomic mass is 28.3. The van der Waals surface area contributed by atoms with Crippen molar-refractivity contribution in [1.82, 2.24) is 0 Å². The van der Waals surface area contributed by atoms with Gasteiger partial charge in [0.2, 0.25) is 0 Å². The number of halogens is 1. The molecule has 1 atom stereocenters. The zero-order chi connectivity index (χ0) is 16.2. The second-order valence-corrected chi connectivity index (χ2v) is 10.4. The minimum atomic E-state index is -2.16. The first kappa shape index (κ1) is 16.4. The molecule has 0 saturated carbocycles. The average molecular weight is 316 g/mol. The van der Waals surface area contributed by atoms with Gasteiger partial charge in [0.25, 0.3) is 0 Å². The zero-order valence-electron chi connectivity index (χ0n) is 13.2. The van der Waals surface area contributed by atoms with Crippen LogP contribution in [0.25, 0.3) is 0 Å². The van der Waals surface area contributed by atoms with Crippen molar-refractivity contribution in [3.05, 3.63) is 66.0 Å². The first-order chi connectivity index (χ1) is 10.5. The molecule has 0 radical (unpaired) electrons. The van der Waals surface area contributed by atoms with Crippen LogP contribution in [0.5, 0.6) is 0 Å². The Morgan fingerprint density at radius 3 is 2.23 bits per heavy atom. The third-order valence-corrected chi connectivity index (χ3v) is 7.80. The largest absolute Gasteiger partial charge is 0.466 e. The standard InChI is InChI=1S/C18H21FO2Si/c1-4-21-18(20)17(14-10-12-15(19)13-11-14)22(2,3)16-8-6-5-7-9-16/h5-13,17H,4H2,1-3H3/t17-/m1/s1. The number of carbonyl (C=O) groups excluding carboxylic acids is 1. The highest BCUT2D eigenvalue weighted by molar-refractivity contribution is 6.93. The summed E-state index contributed by atoms with van der Waals surface area (Å²) in [7, 11) is -2.16. The molecule has 0 aliphatic rings. The van der Waals surface area contributed by atoms with Gasteiger partial charge in [0.05, 0.1) is 12.1 Å². The summed E-state index contributed by atoms with van der Waals surface area (Å²) in [4.78, 5) is 12.6. The quantitative estimate of drug-likeness (QED) is 0.622. The molecule has 2 aromatic carbocycles. The van der Waals surface area contributed by atoms with Crippen molar-refractivity contribution in [2.24, 2.45) is 0 Å². The van der Waals surface area contributed by atoms with Crippen LogP contribution >= 0.6 is 0 Å². The van der Waals surface area contributed by atoms with E-state index in [2.05, 4.69) is 25.2 Å². The first-order valence-corrected chi connectivity index (χ1v) is 10.5. The molecule has 2 nitrogen and oxygen atoms in total. The molecule has 0 spiro atoms. The fourth-order valence-electron chi connectivity index (χ4n) is 2.76. The van der Waals surface area contributed by atoms with Crippen LogP contribution < -0.4 is 5.19 Å². The molecule has 0 saturated heterocycles. The lowest BCUT2D eigenvalue weighted by molar-refractivity contribution is -0.143. The van der Waals surface area contributed by atoms with E-state index in [1.54, 1.807) is 19.1 Å². The van der Waals surface area contributed by atoms with Gasteiger partial charge in [-0.1, -0.05) is 60.7 Å². The van der Waals surface area contributed by atoms with Gasteiger partial charge in [-0.25, -0.2) is 4.39 Å². The predicted molar refractivity (Wildman–Crippen MR) is 89.3 cm³/mol. The Balaban J connectivity index is 2.48. The highest BCUT2D eigenvalue weighted by Crippen LogP contribution is 2.29. The van der Waals surface area contributed by atoms with Crippen LogP contribution in [0.15, 0.2) is 54.6 Å². The lowest BCUT2D eigenvalue weighted by atomic mass is 10.1. The summed E-state index contributed by atoms with van der Waals surface area (Å²) in [5.41, 5.74) is 0.468. The summed E-state index contributed by atoms with van der Waals surface area (Å²) in [5, 5.41) is 1.18. The SMILES string of the molecule is CCOC(=O)[C@@H](c1ccc(F)cc1)[Si](C)(C)c1ccccc1. The average Bonchev–Trinajstić information content (AvgIpc) is 2.50. The molecular formula is C18H21FO2Si. The second-order valence-electron chi connectivity index (χ2n) is 5.82. The number of ether oxygens (including phenoxy) is 1. The van der Waals surface area contributed by atoms with Gasteiger partial charge in [0, 0.05) is 0 Å². The summed E-state index contributed by atoms with van der Waals surface area (Å²) in [6, 6.07) is 16.2. The number of carbonyl (C=O) groups is 1. The van der Waals surface area contributed by atoms with Crippen LogP contribution in [0.1, 0.15) is 18.0 Å². The van der Waals surface area contributed by atoms with Crippen LogP contribution in [0.2, 0.25) is 13.1 Å². The van der Waals surface area contributed by atoms with Gasteiger partial charge in [0.15, 0.2) is 0 Å². The number of hydrogen-bond donors (Lipinski definition) is 0. The summed E-state index contributed by atoms with van der Waals surface area (Å²) in [6.07, 6.45) is 0. The van der Waals surface area contributed by atoms with Crippen LogP contribution in [0, 0.1) is 5.82 Å². The van der Waals surface area contributed by atoms with E-state index in [0.717, 1.165) is 5.56 Å². The minimum Gasteiger partial charge on any atom is -0.466 e. The number of esters is 1. The topological polar surface area (TPSA) is 26.3 Å². The lowest BCUT2D eigenvalue weighted by Crippen LogP contribution is -2.51. The van der Waals surface area contributed by atoms with Gasteiger partial charge >= 0.3 is 5.97 Å². The molecule has 0 heterocycles. The van der Waals surface area contributed by atoms with Crippen molar-refractivity contribution in [2.75, 3.05) is 6.61 Å². The van der Waals surface area contributed by atoms with Crippen LogP contribution in [0.3, 0.4) is 0 Å². The highest BCUT2D eigenvalue weighted by Gasteiger charge is 2.40. The third kappa shape index (κ3) is 3.44. The molecule has 0 fully saturated rings. The Morgan fingerprint density at radius 1 is 1.09 bits per heavy atom.